The van der Waals surface area contributed by atoms with E-state index < -0.39 is 0 Å². The lowest BCUT2D eigenvalue weighted by Crippen LogP contribution is -2.39. The molecule has 2 saturated carbocycles. The lowest BCUT2D eigenvalue weighted by Gasteiger charge is -2.26. The molecule has 2 amide bonds. The van der Waals surface area contributed by atoms with E-state index in [-0.39, 0.29) is 17.9 Å². The molecule has 7 heteroatoms. The quantitative estimate of drug-likeness (QED) is 0.251. The first-order chi connectivity index (χ1) is 21.0. The van der Waals surface area contributed by atoms with E-state index in [1.807, 2.05) is 76.2 Å². The maximum atomic E-state index is 12.4. The zero-order valence-corrected chi connectivity index (χ0v) is 27.0. The molecule has 2 N–H and O–H groups in total. The predicted molar refractivity (Wildman–Crippen MR) is 179 cm³/mol. The number of carbonyl (C=O) groups excluding carboxylic acids is 2. The molecule has 6 rings (SSSR count). The van der Waals surface area contributed by atoms with E-state index in [1.54, 1.807) is 23.2 Å². The monoisotopic (exact) mass is 585 g/mol. The molecule has 0 radical (unpaired) electrons. The fourth-order valence-corrected chi connectivity index (χ4v) is 5.74. The van der Waals surface area contributed by atoms with Gasteiger partial charge in [-0.2, -0.15) is 0 Å². The molecule has 0 saturated heterocycles. The maximum absolute atomic E-state index is 12.4. The molecule has 0 aliphatic heterocycles. The second-order valence-electron chi connectivity index (χ2n) is 11.3. The highest BCUT2D eigenvalue weighted by atomic mass is 16.2. The Hall–Kier alpha value is -3.74. The van der Waals surface area contributed by atoms with Crippen LogP contribution in [0.2, 0.25) is 0 Å². The van der Waals surface area contributed by atoms with Gasteiger partial charge in [-0.05, 0) is 93.5 Å². The van der Waals surface area contributed by atoms with Crippen LogP contribution in [0.4, 0.5) is 10.5 Å². The third-order valence-electron chi connectivity index (χ3n) is 8.29. The SMILES string of the molecule is CC.CC.CC1CCC(C(=O)Nc2cccc3cccnc23)CC1.CC1CCC(NC(=O)n2ccc3cccnc32)CC1. The van der Waals surface area contributed by atoms with Gasteiger partial charge in [0.15, 0.2) is 0 Å². The van der Waals surface area contributed by atoms with E-state index in [1.165, 1.54) is 12.8 Å². The molecule has 2 aliphatic rings. The fraction of sp³-hybridized carbons (Fsp3) is 0.500. The number of benzene rings is 1. The highest BCUT2D eigenvalue weighted by molar-refractivity contribution is 6.01. The Morgan fingerprint density at radius 1 is 0.721 bits per heavy atom. The van der Waals surface area contributed by atoms with Crippen LogP contribution in [-0.2, 0) is 4.79 Å². The smallest absolute Gasteiger partial charge is 0.327 e. The van der Waals surface area contributed by atoms with E-state index >= 15 is 0 Å². The summed E-state index contributed by atoms with van der Waals surface area (Å²) in [5.41, 5.74) is 2.42. The topological polar surface area (TPSA) is 88.9 Å². The fourth-order valence-electron chi connectivity index (χ4n) is 5.74. The Balaban J connectivity index is 0.000000212. The number of nitrogens with one attached hydrogen (secondary N) is 2. The average Bonchev–Trinajstić information content (AvgIpc) is 3.49. The van der Waals surface area contributed by atoms with Crippen molar-refractivity contribution >= 4 is 39.6 Å². The second kappa shape index (κ2) is 17.4. The number of anilines is 1. The number of aromatic nitrogens is 3. The number of rotatable bonds is 3. The van der Waals surface area contributed by atoms with Crippen LogP contribution < -0.4 is 10.6 Å². The summed E-state index contributed by atoms with van der Waals surface area (Å²) >= 11 is 0. The van der Waals surface area contributed by atoms with Gasteiger partial charge < -0.3 is 10.6 Å². The van der Waals surface area contributed by atoms with Gasteiger partial charge in [-0.1, -0.05) is 59.7 Å². The number of carbonyl (C=O) groups is 2. The van der Waals surface area contributed by atoms with Gasteiger partial charge in [0.1, 0.15) is 5.65 Å². The van der Waals surface area contributed by atoms with Crippen LogP contribution in [0.15, 0.2) is 67.1 Å². The van der Waals surface area contributed by atoms with Crippen LogP contribution in [0.1, 0.15) is 92.9 Å². The van der Waals surface area contributed by atoms with Crippen molar-refractivity contribution in [3.63, 3.8) is 0 Å². The average molecular weight is 586 g/mol. The molecular weight excluding hydrogens is 534 g/mol. The van der Waals surface area contributed by atoms with Crippen molar-refractivity contribution in [1.29, 1.82) is 0 Å². The number of fused-ring (bicyclic) bond motifs is 2. The minimum Gasteiger partial charge on any atom is -0.335 e. The van der Waals surface area contributed by atoms with Gasteiger partial charge >= 0.3 is 6.03 Å². The zero-order valence-electron chi connectivity index (χ0n) is 27.0. The lowest BCUT2D eigenvalue weighted by molar-refractivity contribution is -0.121. The molecule has 0 spiro atoms. The number of nitrogens with zero attached hydrogens (tertiary/aromatic N) is 3. The Morgan fingerprint density at radius 3 is 1.98 bits per heavy atom. The molecular formula is C36H51N5O2. The summed E-state index contributed by atoms with van der Waals surface area (Å²) < 4.78 is 1.60. The first-order valence-corrected chi connectivity index (χ1v) is 16.4. The minimum absolute atomic E-state index is 0.0618. The predicted octanol–water partition coefficient (Wildman–Crippen LogP) is 9.22. The standard InChI is InChI=1S/C17H20N2O.C15H19N3O.2C2H6/c1-12-7-9-14(10-8-12)17(20)19-15-6-2-4-13-5-3-11-18-16(13)15;1-11-4-6-13(7-5-11)17-15(19)18-10-8-12-3-2-9-16-14(12)18;2*1-2/h2-6,11-12,14H,7-10H2,1H3,(H,19,20);2-3,8-11,13H,4-7H2,1H3,(H,17,19);2*1-2H3. The van der Waals surface area contributed by atoms with E-state index in [2.05, 4.69) is 34.4 Å². The van der Waals surface area contributed by atoms with Gasteiger partial charge in [0.2, 0.25) is 5.91 Å². The van der Waals surface area contributed by atoms with Crippen molar-refractivity contribution in [3.05, 3.63) is 67.1 Å². The van der Waals surface area contributed by atoms with Gasteiger partial charge in [-0.25, -0.2) is 9.78 Å². The molecule has 43 heavy (non-hydrogen) atoms. The number of amides is 2. The molecule has 0 unspecified atom stereocenters. The first kappa shape index (κ1) is 33.8. The molecule has 0 atom stereocenters. The highest BCUT2D eigenvalue weighted by Crippen LogP contribution is 2.30. The molecule has 3 aromatic heterocycles. The van der Waals surface area contributed by atoms with Crippen LogP contribution in [-0.4, -0.2) is 32.5 Å². The second-order valence-corrected chi connectivity index (χ2v) is 11.3. The third kappa shape index (κ3) is 9.37. The van der Waals surface area contributed by atoms with Crippen LogP contribution >= 0.6 is 0 Å². The van der Waals surface area contributed by atoms with E-state index in [4.69, 9.17) is 0 Å². The summed E-state index contributed by atoms with van der Waals surface area (Å²) in [4.78, 5) is 33.3. The Kier molecular flexibility index (Phi) is 13.7. The summed E-state index contributed by atoms with van der Waals surface area (Å²) in [6.07, 6.45) is 14.2. The lowest BCUT2D eigenvalue weighted by atomic mass is 9.82. The molecule has 232 valence electrons. The largest absolute Gasteiger partial charge is 0.335 e. The van der Waals surface area contributed by atoms with E-state index in [0.29, 0.717) is 6.04 Å². The molecule has 1 aromatic carbocycles. The van der Waals surface area contributed by atoms with Crippen molar-refractivity contribution in [2.45, 2.75) is 99.0 Å². The Bertz CT molecular complexity index is 1410. The highest BCUT2D eigenvalue weighted by Gasteiger charge is 2.25. The summed E-state index contributed by atoms with van der Waals surface area (Å²) in [5, 5.41) is 8.24. The van der Waals surface area contributed by atoms with Crippen LogP contribution in [0.5, 0.6) is 0 Å². The Morgan fingerprint density at radius 2 is 1.30 bits per heavy atom. The molecule has 3 heterocycles. The first-order valence-electron chi connectivity index (χ1n) is 16.4. The molecule has 2 aliphatic carbocycles. The van der Waals surface area contributed by atoms with Gasteiger partial charge in [-0.3, -0.25) is 14.3 Å². The van der Waals surface area contributed by atoms with Crippen LogP contribution in [0, 0.1) is 17.8 Å². The van der Waals surface area contributed by atoms with Crippen molar-refractivity contribution in [2.24, 2.45) is 17.8 Å². The van der Waals surface area contributed by atoms with Crippen molar-refractivity contribution < 1.29 is 9.59 Å². The van der Waals surface area contributed by atoms with E-state index in [9.17, 15) is 9.59 Å². The third-order valence-corrected chi connectivity index (χ3v) is 8.29. The summed E-state index contributed by atoms with van der Waals surface area (Å²) in [7, 11) is 0. The zero-order chi connectivity index (χ0) is 31.2. The number of pyridine rings is 2. The summed E-state index contributed by atoms with van der Waals surface area (Å²) in [6, 6.07) is 15.9. The number of hydrogen-bond acceptors (Lipinski definition) is 4. The summed E-state index contributed by atoms with van der Waals surface area (Å²) in [5.74, 6) is 1.86. The van der Waals surface area contributed by atoms with E-state index in [0.717, 1.165) is 78.0 Å². The molecule has 2 fully saturated rings. The normalized spacial score (nSPS) is 21.2. The van der Waals surface area contributed by atoms with Gasteiger partial charge in [-0.15, -0.1) is 0 Å². The number of hydrogen-bond donors (Lipinski definition) is 2. The molecule has 7 nitrogen and oxygen atoms in total. The van der Waals surface area contributed by atoms with Gasteiger partial charge in [0.25, 0.3) is 0 Å². The van der Waals surface area contributed by atoms with Crippen LogP contribution in [0.3, 0.4) is 0 Å². The maximum Gasteiger partial charge on any atom is 0.327 e. The van der Waals surface area contributed by atoms with Crippen molar-refractivity contribution in [3.8, 4) is 0 Å². The molecule has 0 bridgehead atoms. The number of para-hydroxylation sites is 1. The van der Waals surface area contributed by atoms with Crippen LogP contribution in [0.25, 0.3) is 21.9 Å². The summed E-state index contributed by atoms with van der Waals surface area (Å²) in [6.45, 7) is 12.5. The van der Waals surface area contributed by atoms with Gasteiger partial charge in [0, 0.05) is 41.3 Å². The van der Waals surface area contributed by atoms with Crippen molar-refractivity contribution in [1.82, 2.24) is 19.9 Å². The van der Waals surface area contributed by atoms with Crippen molar-refractivity contribution in [2.75, 3.05) is 5.32 Å². The van der Waals surface area contributed by atoms with Gasteiger partial charge in [0.05, 0.1) is 11.2 Å². The Labute approximate surface area is 257 Å². The molecule has 4 aromatic rings. The minimum atomic E-state index is -0.0618.